The first-order valence-corrected chi connectivity index (χ1v) is 5.64. The Bertz CT molecular complexity index is 490. The van der Waals surface area contributed by atoms with E-state index in [2.05, 4.69) is 29.1 Å². The lowest BCUT2D eigenvalue weighted by Gasteiger charge is -2.31. The molecule has 0 saturated heterocycles. The van der Waals surface area contributed by atoms with E-state index in [0.717, 1.165) is 18.5 Å². The molecule has 3 heteroatoms. The van der Waals surface area contributed by atoms with Crippen LogP contribution in [-0.4, -0.2) is 5.91 Å². The van der Waals surface area contributed by atoms with E-state index in [4.69, 9.17) is 0 Å². The third-order valence-electron chi connectivity index (χ3n) is 3.50. The maximum absolute atomic E-state index is 11.6. The number of hydrogen-bond donors (Lipinski definition) is 2. The Morgan fingerprint density at radius 3 is 2.88 bits per heavy atom. The van der Waals surface area contributed by atoms with Crippen LogP contribution in [-0.2, 0) is 11.2 Å². The van der Waals surface area contributed by atoms with Crippen molar-refractivity contribution >= 4 is 11.6 Å². The molecule has 0 unspecified atom stereocenters. The molecule has 16 heavy (non-hydrogen) atoms. The molecule has 2 N–H and O–H groups in total. The van der Waals surface area contributed by atoms with Gasteiger partial charge in [-0.3, -0.25) is 15.6 Å². The summed E-state index contributed by atoms with van der Waals surface area (Å²) in [6.07, 6.45) is 2.02. The summed E-state index contributed by atoms with van der Waals surface area (Å²) in [5, 5.41) is 0. The van der Waals surface area contributed by atoms with E-state index < -0.39 is 0 Å². The quantitative estimate of drug-likeness (QED) is 0.689. The number of nitrogens with one attached hydrogen (secondary N) is 2. The molecule has 0 saturated carbocycles. The highest BCUT2D eigenvalue weighted by Gasteiger charge is 2.29. The normalized spacial score (nSPS) is 23.1. The molecule has 0 aromatic heterocycles. The number of hydrazine groups is 1. The van der Waals surface area contributed by atoms with Crippen molar-refractivity contribution in [2.24, 2.45) is 5.92 Å². The van der Waals surface area contributed by atoms with Crippen molar-refractivity contribution in [1.82, 2.24) is 10.9 Å². The molecule has 3 nitrogen and oxygen atoms in total. The van der Waals surface area contributed by atoms with E-state index in [-0.39, 0.29) is 11.8 Å². The molecule has 82 valence electrons. The van der Waals surface area contributed by atoms with Crippen LogP contribution in [0.15, 0.2) is 29.8 Å². The lowest BCUT2D eigenvalue weighted by Crippen LogP contribution is -2.46. The Hall–Kier alpha value is -1.77. The zero-order chi connectivity index (χ0) is 11.1. The second-order valence-corrected chi connectivity index (χ2v) is 4.39. The first kappa shape index (κ1) is 9.46. The largest absolute Gasteiger partial charge is 0.298 e. The molecule has 3 rings (SSSR count). The highest BCUT2D eigenvalue weighted by atomic mass is 16.2. The van der Waals surface area contributed by atoms with Gasteiger partial charge in [0.1, 0.15) is 0 Å². The minimum absolute atomic E-state index is 0.00962. The van der Waals surface area contributed by atoms with Gasteiger partial charge in [-0.15, -0.1) is 0 Å². The monoisotopic (exact) mass is 214 g/mol. The molecule has 1 amide bonds. The van der Waals surface area contributed by atoms with Crippen molar-refractivity contribution in [3.8, 4) is 0 Å². The number of amides is 1. The molecular formula is C13H14N2O. The second kappa shape index (κ2) is 3.37. The highest BCUT2D eigenvalue weighted by molar-refractivity contribution is 5.89. The van der Waals surface area contributed by atoms with Crippen LogP contribution in [0.5, 0.6) is 0 Å². The molecule has 1 aromatic carbocycles. The SMILES string of the molecule is C[C@H]1C(=O)NNC2=C1CCc1ccccc12. The minimum Gasteiger partial charge on any atom is -0.298 e. The topological polar surface area (TPSA) is 41.1 Å². The van der Waals surface area contributed by atoms with Gasteiger partial charge in [0.25, 0.3) is 0 Å². The summed E-state index contributed by atoms with van der Waals surface area (Å²) in [6, 6.07) is 8.37. The van der Waals surface area contributed by atoms with Crippen LogP contribution in [0.25, 0.3) is 5.70 Å². The summed E-state index contributed by atoms with van der Waals surface area (Å²) in [4.78, 5) is 11.6. The molecule has 1 aliphatic heterocycles. The Labute approximate surface area is 94.5 Å². The predicted octanol–water partition coefficient (Wildman–Crippen LogP) is 1.61. The summed E-state index contributed by atoms with van der Waals surface area (Å²) in [5.74, 6) is 0.0581. The number of fused-ring (bicyclic) bond motifs is 2. The van der Waals surface area contributed by atoms with E-state index in [1.165, 1.54) is 16.7 Å². The van der Waals surface area contributed by atoms with Gasteiger partial charge in [0.05, 0.1) is 11.6 Å². The second-order valence-electron chi connectivity index (χ2n) is 4.39. The lowest BCUT2D eigenvalue weighted by atomic mass is 9.83. The summed E-state index contributed by atoms with van der Waals surface area (Å²) in [5.41, 5.74) is 10.7. The van der Waals surface area contributed by atoms with E-state index in [1.54, 1.807) is 0 Å². The molecule has 0 spiro atoms. The van der Waals surface area contributed by atoms with E-state index >= 15 is 0 Å². The molecule has 1 aromatic rings. The minimum atomic E-state index is -0.00962. The van der Waals surface area contributed by atoms with Gasteiger partial charge in [0, 0.05) is 5.56 Å². The smallest absolute Gasteiger partial charge is 0.245 e. The number of carbonyl (C=O) groups is 1. The van der Waals surface area contributed by atoms with Crippen LogP contribution < -0.4 is 10.9 Å². The molecule has 1 heterocycles. The third kappa shape index (κ3) is 1.24. The average molecular weight is 214 g/mol. The molecule has 0 fully saturated rings. The fourth-order valence-electron chi connectivity index (χ4n) is 2.52. The van der Waals surface area contributed by atoms with Gasteiger partial charge in [-0.2, -0.15) is 0 Å². The van der Waals surface area contributed by atoms with Crippen molar-refractivity contribution in [3.05, 3.63) is 41.0 Å². The van der Waals surface area contributed by atoms with Crippen LogP contribution in [0.4, 0.5) is 0 Å². The predicted molar refractivity (Wildman–Crippen MR) is 62.1 cm³/mol. The van der Waals surface area contributed by atoms with Crippen molar-refractivity contribution in [2.45, 2.75) is 19.8 Å². The van der Waals surface area contributed by atoms with Crippen molar-refractivity contribution < 1.29 is 4.79 Å². The van der Waals surface area contributed by atoms with Gasteiger partial charge < -0.3 is 0 Å². The maximum Gasteiger partial charge on any atom is 0.245 e. The number of rotatable bonds is 0. The number of carbonyl (C=O) groups excluding carboxylic acids is 1. The lowest BCUT2D eigenvalue weighted by molar-refractivity contribution is -0.124. The molecule has 0 bridgehead atoms. The van der Waals surface area contributed by atoms with Crippen LogP contribution in [0.3, 0.4) is 0 Å². The summed E-state index contributed by atoms with van der Waals surface area (Å²) in [7, 11) is 0. The van der Waals surface area contributed by atoms with Crippen LogP contribution in [0.2, 0.25) is 0 Å². The number of aryl methyl sites for hydroxylation is 1. The van der Waals surface area contributed by atoms with E-state index in [9.17, 15) is 4.79 Å². The summed E-state index contributed by atoms with van der Waals surface area (Å²) >= 11 is 0. The summed E-state index contributed by atoms with van der Waals surface area (Å²) in [6.45, 7) is 1.97. The first-order chi connectivity index (χ1) is 7.77. The van der Waals surface area contributed by atoms with Crippen LogP contribution in [0, 0.1) is 5.92 Å². The van der Waals surface area contributed by atoms with E-state index in [1.807, 2.05) is 13.0 Å². The molecule has 1 atom stereocenters. The average Bonchev–Trinajstić information content (AvgIpc) is 2.33. The van der Waals surface area contributed by atoms with Crippen molar-refractivity contribution in [1.29, 1.82) is 0 Å². The zero-order valence-corrected chi connectivity index (χ0v) is 9.21. The van der Waals surface area contributed by atoms with Gasteiger partial charge in [-0.1, -0.05) is 24.3 Å². The standard InChI is InChI=1S/C13H14N2O/c1-8-10-7-6-9-4-2-3-5-11(9)12(10)14-15-13(8)16/h2-5,8,14H,6-7H2,1H3,(H,15,16)/t8-/m1/s1. The number of hydrogen-bond acceptors (Lipinski definition) is 2. The van der Waals surface area contributed by atoms with E-state index in [0.29, 0.717) is 0 Å². The van der Waals surface area contributed by atoms with Crippen LogP contribution in [0.1, 0.15) is 24.5 Å². The molecular weight excluding hydrogens is 200 g/mol. The van der Waals surface area contributed by atoms with Crippen molar-refractivity contribution in [3.63, 3.8) is 0 Å². The zero-order valence-electron chi connectivity index (χ0n) is 9.21. The van der Waals surface area contributed by atoms with Gasteiger partial charge in [-0.05, 0) is 30.9 Å². The number of benzene rings is 1. The summed E-state index contributed by atoms with van der Waals surface area (Å²) < 4.78 is 0. The Kier molecular flexibility index (Phi) is 1.99. The van der Waals surface area contributed by atoms with Crippen LogP contribution >= 0.6 is 0 Å². The maximum atomic E-state index is 11.6. The highest BCUT2D eigenvalue weighted by Crippen LogP contribution is 2.34. The van der Waals surface area contributed by atoms with Gasteiger partial charge in [0.2, 0.25) is 5.91 Å². The molecule has 2 aliphatic rings. The van der Waals surface area contributed by atoms with Gasteiger partial charge in [0.15, 0.2) is 0 Å². The van der Waals surface area contributed by atoms with Crippen molar-refractivity contribution in [2.75, 3.05) is 0 Å². The van der Waals surface area contributed by atoms with Gasteiger partial charge in [-0.25, -0.2) is 0 Å². The fourth-order valence-corrected chi connectivity index (χ4v) is 2.52. The van der Waals surface area contributed by atoms with Gasteiger partial charge >= 0.3 is 0 Å². The fraction of sp³-hybridized carbons (Fsp3) is 0.308. The Morgan fingerprint density at radius 1 is 1.19 bits per heavy atom. The Morgan fingerprint density at radius 2 is 2.00 bits per heavy atom. The third-order valence-corrected chi connectivity index (χ3v) is 3.50. The Balaban J connectivity index is 2.14. The molecule has 1 aliphatic carbocycles. The first-order valence-electron chi connectivity index (χ1n) is 5.64. The molecule has 0 radical (unpaired) electrons.